The summed E-state index contributed by atoms with van der Waals surface area (Å²) in [6, 6.07) is 2.92. The maximum Gasteiger partial charge on any atom is 0.257 e. The maximum absolute atomic E-state index is 12.0. The molecule has 0 spiro atoms. The number of nitrogens with zero attached hydrogens (tertiary/aromatic N) is 2. The van der Waals surface area contributed by atoms with Crippen LogP contribution in [0.4, 0.5) is 10.8 Å². The van der Waals surface area contributed by atoms with Gasteiger partial charge in [0.1, 0.15) is 5.01 Å². The highest BCUT2D eigenvalue weighted by Gasteiger charge is 2.13. The van der Waals surface area contributed by atoms with Gasteiger partial charge in [-0.05, 0) is 18.6 Å². The minimum absolute atomic E-state index is 0.240. The van der Waals surface area contributed by atoms with Crippen molar-refractivity contribution in [1.82, 2.24) is 10.2 Å². The van der Waals surface area contributed by atoms with Crippen LogP contribution in [-0.4, -0.2) is 16.1 Å². The number of benzene rings is 1. The molecule has 19 heavy (non-hydrogen) atoms. The van der Waals surface area contributed by atoms with Crippen molar-refractivity contribution in [3.63, 3.8) is 0 Å². The third-order valence-corrected chi connectivity index (χ3v) is 3.94. The van der Waals surface area contributed by atoms with Crippen LogP contribution in [-0.2, 0) is 6.42 Å². The summed E-state index contributed by atoms with van der Waals surface area (Å²) < 4.78 is 0. The lowest BCUT2D eigenvalue weighted by Crippen LogP contribution is -2.12. The Kier molecular flexibility index (Phi) is 4.24. The molecule has 100 valence electrons. The third kappa shape index (κ3) is 3.15. The molecular weight excluding hydrogens is 307 g/mol. The molecule has 5 nitrogen and oxygen atoms in total. The number of nitrogens with two attached hydrogens (primary N) is 1. The largest absolute Gasteiger partial charge is 0.396 e. The molecule has 0 aliphatic rings. The zero-order valence-electron chi connectivity index (χ0n) is 9.91. The Balaban J connectivity index is 2.20. The van der Waals surface area contributed by atoms with E-state index >= 15 is 0 Å². The van der Waals surface area contributed by atoms with Crippen LogP contribution >= 0.6 is 34.5 Å². The molecule has 0 fully saturated rings. The third-order valence-electron chi connectivity index (χ3n) is 2.33. The molecule has 8 heteroatoms. The molecule has 0 saturated carbocycles. The number of aromatic nitrogens is 2. The van der Waals surface area contributed by atoms with Crippen LogP contribution in [0.5, 0.6) is 0 Å². The van der Waals surface area contributed by atoms with Gasteiger partial charge in [0.2, 0.25) is 5.13 Å². The standard InChI is InChI=1S/C11H10Cl2N4OS/c1-2-8-16-17-11(19-8)15-10(18)5-3-6(12)9(14)7(13)4-5/h3-4H,2,14H2,1H3,(H,15,17,18). The number of aryl methyl sites for hydroxylation is 1. The fraction of sp³-hybridized carbons (Fsp3) is 0.182. The van der Waals surface area contributed by atoms with Gasteiger partial charge in [0.05, 0.1) is 15.7 Å². The fourth-order valence-electron chi connectivity index (χ4n) is 1.33. The first-order valence-electron chi connectivity index (χ1n) is 5.39. The lowest BCUT2D eigenvalue weighted by Gasteiger charge is -2.05. The number of hydrogen-bond acceptors (Lipinski definition) is 5. The van der Waals surface area contributed by atoms with Gasteiger partial charge in [-0.25, -0.2) is 0 Å². The highest BCUT2D eigenvalue weighted by atomic mass is 35.5. The van der Waals surface area contributed by atoms with E-state index in [2.05, 4.69) is 15.5 Å². The van der Waals surface area contributed by atoms with Crippen LogP contribution in [0.3, 0.4) is 0 Å². The van der Waals surface area contributed by atoms with Crippen molar-refractivity contribution >= 4 is 51.3 Å². The molecule has 3 N–H and O–H groups in total. The van der Waals surface area contributed by atoms with Crippen molar-refractivity contribution < 1.29 is 4.79 Å². The highest BCUT2D eigenvalue weighted by molar-refractivity contribution is 7.15. The molecule has 0 radical (unpaired) electrons. The van der Waals surface area contributed by atoms with E-state index in [0.717, 1.165) is 11.4 Å². The summed E-state index contributed by atoms with van der Waals surface area (Å²) in [4.78, 5) is 12.0. The molecule has 0 atom stereocenters. The Morgan fingerprint density at radius 1 is 1.37 bits per heavy atom. The van der Waals surface area contributed by atoms with Gasteiger partial charge < -0.3 is 5.73 Å². The summed E-state index contributed by atoms with van der Waals surface area (Å²) in [5.41, 5.74) is 6.18. The zero-order chi connectivity index (χ0) is 14.0. The molecule has 0 aliphatic heterocycles. The average Bonchev–Trinajstić information content (AvgIpc) is 2.83. The monoisotopic (exact) mass is 316 g/mol. The topological polar surface area (TPSA) is 80.9 Å². The SMILES string of the molecule is CCc1nnc(NC(=O)c2cc(Cl)c(N)c(Cl)c2)s1. The van der Waals surface area contributed by atoms with Crippen molar-refractivity contribution in [2.45, 2.75) is 13.3 Å². The van der Waals surface area contributed by atoms with Crippen LogP contribution in [0.2, 0.25) is 10.0 Å². The van der Waals surface area contributed by atoms with E-state index in [1.165, 1.54) is 23.5 Å². The second-order valence-corrected chi connectivity index (χ2v) is 5.54. The highest BCUT2D eigenvalue weighted by Crippen LogP contribution is 2.29. The second kappa shape index (κ2) is 5.73. The van der Waals surface area contributed by atoms with Crippen molar-refractivity contribution in [3.05, 3.63) is 32.7 Å². The molecule has 0 aliphatic carbocycles. The summed E-state index contributed by atoms with van der Waals surface area (Å²) in [6.07, 6.45) is 0.771. The van der Waals surface area contributed by atoms with Gasteiger partial charge in [-0.1, -0.05) is 41.5 Å². The van der Waals surface area contributed by atoms with E-state index < -0.39 is 0 Å². The molecule has 2 aromatic rings. The lowest BCUT2D eigenvalue weighted by molar-refractivity contribution is 0.102. The molecule has 0 saturated heterocycles. The summed E-state index contributed by atoms with van der Waals surface area (Å²) in [7, 11) is 0. The van der Waals surface area contributed by atoms with Crippen LogP contribution in [0.1, 0.15) is 22.3 Å². The molecule has 2 rings (SSSR count). The number of nitrogen functional groups attached to an aromatic ring is 1. The smallest absolute Gasteiger partial charge is 0.257 e. The van der Waals surface area contributed by atoms with Gasteiger partial charge in [0.25, 0.3) is 5.91 Å². The number of amides is 1. The van der Waals surface area contributed by atoms with E-state index in [0.29, 0.717) is 10.7 Å². The first kappa shape index (κ1) is 14.0. The molecule has 1 heterocycles. The van der Waals surface area contributed by atoms with Crippen LogP contribution < -0.4 is 11.1 Å². The molecule has 0 bridgehead atoms. The van der Waals surface area contributed by atoms with E-state index in [9.17, 15) is 4.79 Å². The minimum atomic E-state index is -0.359. The Hall–Kier alpha value is -1.37. The number of rotatable bonds is 3. The summed E-state index contributed by atoms with van der Waals surface area (Å²) in [5, 5.41) is 12.2. The van der Waals surface area contributed by atoms with Crippen molar-refractivity contribution in [1.29, 1.82) is 0 Å². The molecule has 1 aromatic carbocycles. The number of hydrogen-bond donors (Lipinski definition) is 2. The summed E-state index contributed by atoms with van der Waals surface area (Å²) in [5.74, 6) is -0.359. The normalized spacial score (nSPS) is 10.5. The van der Waals surface area contributed by atoms with E-state index in [-0.39, 0.29) is 21.6 Å². The Bertz CT molecular complexity index is 606. The Morgan fingerprint density at radius 3 is 2.53 bits per heavy atom. The number of anilines is 2. The van der Waals surface area contributed by atoms with E-state index in [1.807, 2.05) is 6.92 Å². The van der Waals surface area contributed by atoms with E-state index in [1.54, 1.807) is 0 Å². The summed E-state index contributed by atoms with van der Waals surface area (Å²) >= 11 is 13.1. The predicted octanol–water partition coefficient (Wildman–Crippen LogP) is 3.24. The van der Waals surface area contributed by atoms with Crippen molar-refractivity contribution in [2.75, 3.05) is 11.1 Å². The van der Waals surface area contributed by atoms with Gasteiger partial charge >= 0.3 is 0 Å². The maximum atomic E-state index is 12.0. The van der Waals surface area contributed by atoms with Crippen LogP contribution in [0.15, 0.2) is 12.1 Å². The van der Waals surface area contributed by atoms with Gasteiger partial charge in [0.15, 0.2) is 0 Å². The minimum Gasteiger partial charge on any atom is -0.396 e. The van der Waals surface area contributed by atoms with Crippen molar-refractivity contribution in [2.24, 2.45) is 0 Å². The molecule has 0 unspecified atom stereocenters. The number of carbonyl (C=O) groups is 1. The fourth-order valence-corrected chi connectivity index (χ4v) is 2.49. The lowest BCUT2D eigenvalue weighted by atomic mass is 10.2. The van der Waals surface area contributed by atoms with Gasteiger partial charge in [-0.2, -0.15) is 0 Å². The van der Waals surface area contributed by atoms with Crippen LogP contribution in [0.25, 0.3) is 0 Å². The Morgan fingerprint density at radius 2 is 2.00 bits per heavy atom. The first-order valence-corrected chi connectivity index (χ1v) is 6.96. The zero-order valence-corrected chi connectivity index (χ0v) is 12.2. The van der Waals surface area contributed by atoms with Gasteiger partial charge in [-0.15, -0.1) is 10.2 Å². The van der Waals surface area contributed by atoms with Crippen LogP contribution in [0, 0.1) is 0 Å². The Labute approximate surface area is 123 Å². The molecular formula is C11H10Cl2N4OS. The second-order valence-electron chi connectivity index (χ2n) is 3.66. The van der Waals surface area contributed by atoms with Crippen molar-refractivity contribution in [3.8, 4) is 0 Å². The first-order chi connectivity index (χ1) is 9.01. The predicted molar refractivity (Wildman–Crippen MR) is 78.1 cm³/mol. The average molecular weight is 317 g/mol. The quantitative estimate of drug-likeness (QED) is 0.852. The molecule has 1 aromatic heterocycles. The van der Waals surface area contributed by atoms with Gasteiger partial charge in [0, 0.05) is 5.56 Å². The number of halogens is 2. The summed E-state index contributed by atoms with van der Waals surface area (Å²) in [6.45, 7) is 1.96. The number of carbonyl (C=O) groups excluding carboxylic acids is 1. The van der Waals surface area contributed by atoms with Gasteiger partial charge in [-0.3, -0.25) is 10.1 Å². The number of nitrogens with one attached hydrogen (secondary N) is 1. The van der Waals surface area contributed by atoms with E-state index in [4.69, 9.17) is 28.9 Å². The molecule has 1 amide bonds.